The number of alkyl carbamates (subject to hydrolysis) is 1. The lowest BCUT2D eigenvalue weighted by Gasteiger charge is -2.22. The van der Waals surface area contributed by atoms with E-state index in [4.69, 9.17) is 10.5 Å². The van der Waals surface area contributed by atoms with Crippen molar-refractivity contribution in [2.75, 3.05) is 5.75 Å². The summed E-state index contributed by atoms with van der Waals surface area (Å²) in [5, 5.41) is 5.03. The minimum absolute atomic E-state index is 0.00755. The van der Waals surface area contributed by atoms with Crippen molar-refractivity contribution in [3.63, 3.8) is 0 Å². The third-order valence-corrected chi connectivity index (χ3v) is 7.31. The van der Waals surface area contributed by atoms with E-state index >= 15 is 0 Å². The van der Waals surface area contributed by atoms with E-state index in [9.17, 15) is 22.8 Å². The topological polar surface area (TPSA) is 145 Å². The Morgan fingerprint density at radius 3 is 1.86 bits per heavy atom. The van der Waals surface area contributed by atoms with Gasteiger partial charge in [-0.1, -0.05) is 78.9 Å². The van der Waals surface area contributed by atoms with E-state index in [-0.39, 0.29) is 24.3 Å². The summed E-state index contributed by atoms with van der Waals surface area (Å²) in [6, 6.07) is 23.4. The first kappa shape index (κ1) is 27.4. The molecule has 3 rings (SSSR count). The van der Waals surface area contributed by atoms with Gasteiger partial charge in [0.2, 0.25) is 11.8 Å². The van der Waals surface area contributed by atoms with Crippen LogP contribution in [0.5, 0.6) is 0 Å². The molecule has 0 saturated carbocycles. The summed E-state index contributed by atoms with van der Waals surface area (Å²) in [4.78, 5) is 37.8. The molecule has 3 aromatic rings. The summed E-state index contributed by atoms with van der Waals surface area (Å²) in [7, 11) is -3.69. The zero-order valence-corrected chi connectivity index (χ0v) is 20.9. The molecule has 0 aliphatic rings. The molecule has 2 atom stereocenters. The van der Waals surface area contributed by atoms with Crippen molar-refractivity contribution in [1.82, 2.24) is 10.6 Å². The van der Waals surface area contributed by atoms with Crippen LogP contribution in [0.25, 0.3) is 0 Å². The Hall–Kier alpha value is -4.18. The number of ether oxygens (including phenoxy) is 1. The van der Waals surface area contributed by atoms with Crippen LogP contribution in [0, 0.1) is 0 Å². The summed E-state index contributed by atoms with van der Waals surface area (Å²) in [5.74, 6) is -1.98. The first-order valence-corrected chi connectivity index (χ1v) is 13.3. The average Bonchev–Trinajstić information content (AvgIpc) is 2.91. The van der Waals surface area contributed by atoms with Gasteiger partial charge in [0, 0.05) is 6.42 Å². The van der Waals surface area contributed by atoms with E-state index < -0.39 is 45.6 Å². The van der Waals surface area contributed by atoms with Gasteiger partial charge in [0.15, 0.2) is 9.84 Å². The van der Waals surface area contributed by atoms with Crippen LogP contribution < -0.4 is 16.4 Å². The van der Waals surface area contributed by atoms with Crippen molar-refractivity contribution in [3.05, 3.63) is 102 Å². The van der Waals surface area contributed by atoms with Gasteiger partial charge in [-0.2, -0.15) is 0 Å². The maximum atomic E-state index is 13.1. The van der Waals surface area contributed by atoms with Gasteiger partial charge in [-0.25, -0.2) is 13.2 Å². The summed E-state index contributed by atoms with van der Waals surface area (Å²) < 4.78 is 30.5. The van der Waals surface area contributed by atoms with E-state index in [0.29, 0.717) is 0 Å². The van der Waals surface area contributed by atoms with Crippen LogP contribution in [-0.2, 0) is 37.2 Å². The Kier molecular flexibility index (Phi) is 9.79. The van der Waals surface area contributed by atoms with Crippen LogP contribution in [0.4, 0.5) is 4.79 Å². The van der Waals surface area contributed by atoms with Gasteiger partial charge in [-0.05, 0) is 29.7 Å². The van der Waals surface area contributed by atoms with Gasteiger partial charge in [0.1, 0.15) is 18.7 Å². The quantitative estimate of drug-likeness (QED) is 0.332. The van der Waals surface area contributed by atoms with Gasteiger partial charge in [-0.3, -0.25) is 9.59 Å². The molecule has 194 valence electrons. The molecular weight excluding hydrogens is 494 g/mol. The molecule has 0 aliphatic heterocycles. The molecule has 0 fully saturated rings. The van der Waals surface area contributed by atoms with Crippen molar-refractivity contribution < 1.29 is 27.5 Å². The lowest BCUT2D eigenvalue weighted by atomic mass is 10.0. The molecule has 0 heterocycles. The van der Waals surface area contributed by atoms with Crippen molar-refractivity contribution in [3.8, 4) is 0 Å². The third kappa shape index (κ3) is 8.76. The number of benzene rings is 3. The highest BCUT2D eigenvalue weighted by molar-refractivity contribution is 7.91. The molecule has 0 unspecified atom stereocenters. The normalized spacial score (nSPS) is 12.6. The molecule has 0 aromatic heterocycles. The predicted molar refractivity (Wildman–Crippen MR) is 138 cm³/mol. The highest BCUT2D eigenvalue weighted by atomic mass is 32.2. The fourth-order valence-corrected chi connectivity index (χ4v) is 4.90. The van der Waals surface area contributed by atoms with Crippen LogP contribution in [0.3, 0.4) is 0 Å². The monoisotopic (exact) mass is 523 g/mol. The minimum atomic E-state index is -3.69. The number of carbonyl (C=O) groups excluding carboxylic acids is 3. The molecule has 3 aromatic carbocycles. The Morgan fingerprint density at radius 1 is 0.757 bits per heavy atom. The number of amides is 3. The molecule has 37 heavy (non-hydrogen) atoms. The van der Waals surface area contributed by atoms with Crippen LogP contribution >= 0.6 is 0 Å². The lowest BCUT2D eigenvalue weighted by molar-refractivity contribution is -0.128. The van der Waals surface area contributed by atoms with Gasteiger partial charge < -0.3 is 21.1 Å². The van der Waals surface area contributed by atoms with Gasteiger partial charge in [-0.15, -0.1) is 0 Å². The van der Waals surface area contributed by atoms with Gasteiger partial charge in [0.25, 0.3) is 0 Å². The number of hydrogen-bond acceptors (Lipinski definition) is 6. The summed E-state index contributed by atoms with van der Waals surface area (Å²) in [5.41, 5.74) is 6.99. The minimum Gasteiger partial charge on any atom is -0.445 e. The zero-order chi connectivity index (χ0) is 26.7. The first-order valence-electron chi connectivity index (χ1n) is 11.6. The number of carbonyl (C=O) groups is 3. The van der Waals surface area contributed by atoms with Gasteiger partial charge >= 0.3 is 6.09 Å². The third-order valence-electron chi connectivity index (χ3n) is 5.54. The largest absolute Gasteiger partial charge is 0.445 e. The second kappa shape index (κ2) is 13.2. The average molecular weight is 524 g/mol. The molecule has 4 N–H and O–H groups in total. The molecule has 0 bridgehead atoms. The van der Waals surface area contributed by atoms with Gasteiger partial charge in [0.05, 0.1) is 10.6 Å². The highest BCUT2D eigenvalue weighted by Crippen LogP contribution is 2.13. The highest BCUT2D eigenvalue weighted by Gasteiger charge is 2.28. The fourth-order valence-electron chi connectivity index (χ4n) is 3.54. The molecule has 10 heteroatoms. The maximum absolute atomic E-state index is 13.1. The van der Waals surface area contributed by atoms with Crippen LogP contribution in [0.15, 0.2) is 95.9 Å². The Bertz CT molecular complexity index is 1290. The fraction of sp³-hybridized carbons (Fsp3) is 0.222. The second-order valence-electron chi connectivity index (χ2n) is 8.33. The maximum Gasteiger partial charge on any atom is 0.408 e. The van der Waals surface area contributed by atoms with E-state index in [1.165, 1.54) is 12.1 Å². The predicted octanol–water partition coefficient (Wildman–Crippen LogP) is 2.36. The van der Waals surface area contributed by atoms with Crippen molar-refractivity contribution in [1.29, 1.82) is 0 Å². The number of primary amides is 1. The first-order chi connectivity index (χ1) is 17.7. The Morgan fingerprint density at radius 2 is 1.30 bits per heavy atom. The number of nitrogens with one attached hydrogen (secondary N) is 2. The lowest BCUT2D eigenvalue weighted by Crippen LogP contribution is -2.54. The molecule has 0 aliphatic carbocycles. The van der Waals surface area contributed by atoms with Crippen molar-refractivity contribution in [2.24, 2.45) is 5.73 Å². The Balaban J connectivity index is 1.67. The van der Waals surface area contributed by atoms with Crippen molar-refractivity contribution in [2.45, 2.75) is 36.4 Å². The van der Waals surface area contributed by atoms with E-state index in [1.807, 2.05) is 24.3 Å². The SMILES string of the molecule is NC(=O)[C@@H](CCS(=O)(=O)c1ccccc1)NC(=O)[C@H](Cc1ccccc1)NC(=O)OCc1ccccc1. The standard InChI is InChI=1S/C27H29N3O6S/c28-25(31)23(16-17-37(34,35)22-14-8-3-9-15-22)29-26(32)24(18-20-10-4-1-5-11-20)30-27(33)36-19-21-12-6-2-7-13-21/h1-15,23-24H,16-19H2,(H2,28,31)(H,29,32)(H,30,33)/t23-,24+/m1/s1. The smallest absolute Gasteiger partial charge is 0.408 e. The van der Waals surface area contributed by atoms with Crippen LogP contribution in [0.1, 0.15) is 17.5 Å². The Labute approximate surface area is 215 Å². The van der Waals surface area contributed by atoms with Crippen LogP contribution in [0.2, 0.25) is 0 Å². The summed E-state index contributed by atoms with van der Waals surface area (Å²) in [6.45, 7) is 0.00755. The van der Waals surface area contributed by atoms with E-state index in [1.54, 1.807) is 54.6 Å². The zero-order valence-electron chi connectivity index (χ0n) is 20.1. The van der Waals surface area contributed by atoms with E-state index in [2.05, 4.69) is 10.6 Å². The number of nitrogens with two attached hydrogens (primary N) is 1. The number of sulfone groups is 1. The molecule has 9 nitrogen and oxygen atoms in total. The molecule has 0 saturated heterocycles. The summed E-state index contributed by atoms with van der Waals surface area (Å²) >= 11 is 0. The van der Waals surface area contributed by atoms with Crippen LogP contribution in [-0.4, -0.2) is 44.2 Å². The molecule has 0 radical (unpaired) electrons. The van der Waals surface area contributed by atoms with Crippen molar-refractivity contribution >= 4 is 27.7 Å². The number of rotatable bonds is 12. The summed E-state index contributed by atoms with van der Waals surface area (Å²) in [6.07, 6.45) is -0.933. The molecular formula is C27H29N3O6S. The van der Waals surface area contributed by atoms with E-state index in [0.717, 1.165) is 11.1 Å². The second-order valence-corrected chi connectivity index (χ2v) is 10.4. The molecule has 3 amide bonds. The number of hydrogen-bond donors (Lipinski definition) is 3. The molecule has 0 spiro atoms.